The van der Waals surface area contributed by atoms with Gasteiger partial charge in [-0.2, -0.15) is 13.2 Å². The summed E-state index contributed by atoms with van der Waals surface area (Å²) in [6.07, 6.45) is -4.24. The number of halogens is 4. The third kappa shape index (κ3) is 4.83. The van der Waals surface area contributed by atoms with E-state index in [1.807, 2.05) is 30.3 Å². The Morgan fingerprint density at radius 1 is 0.971 bits per heavy atom. The van der Waals surface area contributed by atoms with Crippen molar-refractivity contribution in [2.45, 2.75) is 25.2 Å². The first-order chi connectivity index (χ1) is 16.8. The molecule has 1 saturated heterocycles. The molecule has 1 fully saturated rings. The number of fused-ring (bicyclic) bond motifs is 3. The maximum Gasteiger partial charge on any atom is 0.416 e. The quantitative estimate of drug-likeness (QED) is 0.529. The number of piperazine rings is 1. The summed E-state index contributed by atoms with van der Waals surface area (Å²) in [5, 5.41) is 2.89. The molecule has 3 aromatic carbocycles. The van der Waals surface area contributed by atoms with E-state index in [9.17, 15) is 22.4 Å². The van der Waals surface area contributed by atoms with Crippen LogP contribution < -0.4 is 15.1 Å². The summed E-state index contributed by atoms with van der Waals surface area (Å²) in [6, 6.07) is 19.5. The first-order valence-electron chi connectivity index (χ1n) is 11.6. The Kier molecular flexibility index (Phi) is 6.13. The molecule has 0 aliphatic carbocycles. The number of amides is 1. The van der Waals surface area contributed by atoms with Gasteiger partial charge in [0.1, 0.15) is 5.82 Å². The normalized spacial score (nSPS) is 19.7. The Hall–Kier alpha value is -3.55. The van der Waals surface area contributed by atoms with E-state index in [1.54, 1.807) is 12.1 Å². The second-order valence-electron chi connectivity index (χ2n) is 9.04. The summed E-state index contributed by atoms with van der Waals surface area (Å²) >= 11 is 0. The molecular weight excluding hydrogens is 458 g/mol. The third-order valence-electron chi connectivity index (χ3n) is 6.85. The fraction of sp³-hybridized carbons (Fsp3) is 0.296. The van der Waals surface area contributed by atoms with Crippen LogP contribution in [0.5, 0.6) is 0 Å². The van der Waals surface area contributed by atoms with Crippen LogP contribution in [0, 0.1) is 11.7 Å². The first-order valence-corrected chi connectivity index (χ1v) is 11.6. The lowest BCUT2D eigenvalue weighted by Gasteiger charge is -2.49. The Balaban J connectivity index is 1.44. The molecule has 2 aliphatic heterocycles. The van der Waals surface area contributed by atoms with E-state index in [-0.39, 0.29) is 30.7 Å². The molecule has 35 heavy (non-hydrogen) atoms. The number of nitrogens with zero attached hydrogens (tertiary/aromatic N) is 2. The van der Waals surface area contributed by atoms with Gasteiger partial charge >= 0.3 is 6.18 Å². The number of para-hydroxylation sites is 1. The van der Waals surface area contributed by atoms with Crippen molar-refractivity contribution in [3.63, 3.8) is 0 Å². The van der Waals surface area contributed by atoms with Gasteiger partial charge in [0.2, 0.25) is 5.91 Å². The van der Waals surface area contributed by atoms with E-state index in [4.69, 9.17) is 0 Å². The van der Waals surface area contributed by atoms with Gasteiger partial charge in [-0.05, 0) is 60.0 Å². The molecule has 2 aliphatic rings. The smallest absolute Gasteiger partial charge is 0.368 e. The van der Waals surface area contributed by atoms with Crippen molar-refractivity contribution in [1.29, 1.82) is 0 Å². The predicted octanol–water partition coefficient (Wildman–Crippen LogP) is 5.03. The van der Waals surface area contributed by atoms with Crippen LogP contribution in [-0.2, 0) is 23.9 Å². The van der Waals surface area contributed by atoms with Gasteiger partial charge in [0.25, 0.3) is 0 Å². The van der Waals surface area contributed by atoms with Gasteiger partial charge in [0.05, 0.1) is 17.5 Å². The fourth-order valence-corrected chi connectivity index (χ4v) is 5.14. The summed E-state index contributed by atoms with van der Waals surface area (Å²) in [6.45, 7) is 2.00. The molecule has 0 unspecified atom stereocenters. The molecule has 8 heteroatoms. The van der Waals surface area contributed by atoms with E-state index in [1.165, 1.54) is 24.3 Å². The topological polar surface area (TPSA) is 35.6 Å². The summed E-state index contributed by atoms with van der Waals surface area (Å²) in [7, 11) is 0. The summed E-state index contributed by atoms with van der Waals surface area (Å²) < 4.78 is 53.7. The summed E-state index contributed by atoms with van der Waals surface area (Å²) in [5.74, 6) is -1.19. The van der Waals surface area contributed by atoms with Crippen LogP contribution >= 0.6 is 0 Å². The Morgan fingerprint density at radius 2 is 1.77 bits per heavy atom. The largest absolute Gasteiger partial charge is 0.416 e. The highest BCUT2D eigenvalue weighted by atomic mass is 19.4. The Labute approximate surface area is 201 Å². The van der Waals surface area contributed by atoms with Gasteiger partial charge in [-0.25, -0.2) is 4.39 Å². The van der Waals surface area contributed by atoms with Crippen molar-refractivity contribution in [3.05, 3.63) is 95.3 Å². The molecule has 0 aromatic heterocycles. The van der Waals surface area contributed by atoms with Crippen molar-refractivity contribution in [2.24, 2.45) is 5.92 Å². The van der Waals surface area contributed by atoms with Crippen LogP contribution in [0.4, 0.5) is 28.9 Å². The van der Waals surface area contributed by atoms with E-state index in [0.29, 0.717) is 30.8 Å². The molecule has 5 rings (SSSR count). The standard InChI is InChI=1S/C27H25F4N3O/c28-21-6-4-5-18(13-21)16-32-26(35)23-15-19-14-20(27(29,30)31)9-10-24(19)34-12-11-33(17-25(23)34)22-7-2-1-3-8-22/h1-10,13-14,23,25H,11-12,15-17H2,(H,32,35)/t23-,25+/m0/s1. The average molecular weight is 484 g/mol. The average Bonchev–Trinajstić information content (AvgIpc) is 2.86. The molecule has 0 radical (unpaired) electrons. The second-order valence-corrected chi connectivity index (χ2v) is 9.04. The van der Waals surface area contributed by atoms with Crippen LogP contribution in [0.3, 0.4) is 0 Å². The monoisotopic (exact) mass is 483 g/mol. The minimum Gasteiger partial charge on any atom is -0.368 e. The SMILES string of the molecule is O=C(NCc1cccc(F)c1)[C@H]1Cc2cc(C(F)(F)F)ccc2N2CCN(c3ccccc3)C[C@H]12. The highest BCUT2D eigenvalue weighted by molar-refractivity contribution is 5.82. The van der Waals surface area contributed by atoms with Gasteiger partial charge in [0, 0.05) is 37.6 Å². The number of nitrogens with one attached hydrogen (secondary N) is 1. The van der Waals surface area contributed by atoms with Gasteiger partial charge in [0.15, 0.2) is 0 Å². The molecule has 2 heterocycles. The van der Waals surface area contributed by atoms with Crippen LogP contribution in [0.2, 0.25) is 0 Å². The van der Waals surface area contributed by atoms with Gasteiger partial charge in [-0.3, -0.25) is 4.79 Å². The van der Waals surface area contributed by atoms with Crippen molar-refractivity contribution in [2.75, 3.05) is 29.4 Å². The molecule has 182 valence electrons. The maximum atomic E-state index is 13.6. The molecule has 0 spiro atoms. The molecule has 0 bridgehead atoms. The lowest BCUT2D eigenvalue weighted by molar-refractivity contribution is -0.137. The highest BCUT2D eigenvalue weighted by Crippen LogP contribution is 2.40. The van der Waals surface area contributed by atoms with E-state index in [0.717, 1.165) is 17.4 Å². The minimum absolute atomic E-state index is 0.150. The number of carbonyl (C=O) groups is 1. The van der Waals surface area contributed by atoms with Crippen LogP contribution in [0.1, 0.15) is 16.7 Å². The second kappa shape index (κ2) is 9.24. The lowest BCUT2D eigenvalue weighted by atomic mass is 9.82. The number of benzene rings is 3. The van der Waals surface area contributed by atoms with Crippen molar-refractivity contribution in [1.82, 2.24) is 5.32 Å². The Bertz CT molecular complexity index is 1210. The molecule has 2 atom stereocenters. The molecular formula is C27H25F4N3O. The zero-order valence-electron chi connectivity index (χ0n) is 18.9. The van der Waals surface area contributed by atoms with Crippen molar-refractivity contribution < 1.29 is 22.4 Å². The number of carbonyl (C=O) groups excluding carboxylic acids is 1. The zero-order chi connectivity index (χ0) is 24.6. The molecule has 4 nitrogen and oxygen atoms in total. The summed E-state index contributed by atoms with van der Waals surface area (Å²) in [5.41, 5.74) is 2.24. The fourth-order valence-electron chi connectivity index (χ4n) is 5.14. The molecule has 3 aromatic rings. The summed E-state index contributed by atoms with van der Waals surface area (Å²) in [4.78, 5) is 17.7. The Morgan fingerprint density at radius 3 is 2.51 bits per heavy atom. The zero-order valence-corrected chi connectivity index (χ0v) is 18.9. The number of alkyl halides is 3. The number of hydrogen-bond donors (Lipinski definition) is 1. The van der Waals surface area contributed by atoms with Gasteiger partial charge < -0.3 is 15.1 Å². The van der Waals surface area contributed by atoms with Crippen LogP contribution in [0.25, 0.3) is 0 Å². The van der Waals surface area contributed by atoms with Gasteiger partial charge in [-0.1, -0.05) is 30.3 Å². The molecule has 1 amide bonds. The van der Waals surface area contributed by atoms with E-state index >= 15 is 0 Å². The number of anilines is 2. The van der Waals surface area contributed by atoms with E-state index in [2.05, 4.69) is 15.1 Å². The van der Waals surface area contributed by atoms with Crippen molar-refractivity contribution >= 4 is 17.3 Å². The molecule has 1 N–H and O–H groups in total. The number of hydrogen-bond acceptors (Lipinski definition) is 3. The lowest BCUT2D eigenvalue weighted by Crippen LogP contribution is -2.61. The third-order valence-corrected chi connectivity index (χ3v) is 6.85. The molecule has 0 saturated carbocycles. The van der Waals surface area contributed by atoms with Crippen LogP contribution in [-0.4, -0.2) is 31.6 Å². The maximum absolute atomic E-state index is 13.6. The van der Waals surface area contributed by atoms with Gasteiger partial charge in [-0.15, -0.1) is 0 Å². The number of rotatable bonds is 4. The van der Waals surface area contributed by atoms with Crippen molar-refractivity contribution in [3.8, 4) is 0 Å². The highest BCUT2D eigenvalue weighted by Gasteiger charge is 2.42. The first kappa shape index (κ1) is 23.2. The predicted molar refractivity (Wildman–Crippen MR) is 127 cm³/mol. The minimum atomic E-state index is -4.45. The van der Waals surface area contributed by atoms with Crippen LogP contribution in [0.15, 0.2) is 72.8 Å². The van der Waals surface area contributed by atoms with E-state index < -0.39 is 17.7 Å².